The van der Waals surface area contributed by atoms with E-state index >= 15 is 0 Å². The van der Waals surface area contributed by atoms with Crippen molar-refractivity contribution in [1.29, 1.82) is 0 Å². The molecule has 0 aliphatic rings. The highest BCUT2D eigenvalue weighted by atomic mass is 16.5. The predicted octanol–water partition coefficient (Wildman–Crippen LogP) is 1.10. The molecule has 0 saturated heterocycles. The highest BCUT2D eigenvalue weighted by Crippen LogP contribution is 2.03. The van der Waals surface area contributed by atoms with Gasteiger partial charge in [-0.05, 0) is 12.8 Å². The largest absolute Gasteiger partial charge is 0.462 e. The van der Waals surface area contributed by atoms with Crippen molar-refractivity contribution in [1.82, 2.24) is 0 Å². The third-order valence-corrected chi connectivity index (χ3v) is 1.52. The van der Waals surface area contributed by atoms with Gasteiger partial charge in [-0.1, -0.05) is 13.8 Å². The molecular formula is C8H16O3. The molecule has 0 aromatic carbocycles. The third-order valence-electron chi connectivity index (χ3n) is 1.52. The van der Waals surface area contributed by atoms with Gasteiger partial charge in [0.05, 0.1) is 13.0 Å². The van der Waals surface area contributed by atoms with E-state index in [1.54, 1.807) is 0 Å². The second-order valence-corrected chi connectivity index (χ2v) is 2.40. The number of carbonyl (C=O) groups excluding carboxylic acids is 1. The monoisotopic (exact) mass is 160 g/mol. The van der Waals surface area contributed by atoms with Crippen LogP contribution in [0.2, 0.25) is 0 Å². The number of aliphatic hydroxyl groups is 1. The van der Waals surface area contributed by atoms with E-state index in [1.165, 1.54) is 0 Å². The summed E-state index contributed by atoms with van der Waals surface area (Å²) in [6.45, 7) is 3.82. The number of hydrogen-bond donors (Lipinski definition) is 1. The molecule has 11 heavy (non-hydrogen) atoms. The maximum Gasteiger partial charge on any atom is 0.308 e. The number of carbonyl (C=O) groups is 1. The molecule has 0 aliphatic heterocycles. The molecular weight excluding hydrogens is 144 g/mol. The minimum atomic E-state index is -0.304. The van der Waals surface area contributed by atoms with E-state index in [1.807, 2.05) is 13.8 Å². The molecule has 3 nitrogen and oxygen atoms in total. The van der Waals surface area contributed by atoms with Gasteiger partial charge in [0.15, 0.2) is 0 Å². The average Bonchev–Trinajstić information content (AvgIpc) is 2.01. The zero-order valence-electron chi connectivity index (χ0n) is 7.17. The fraction of sp³-hybridized carbons (Fsp3) is 0.875. The topological polar surface area (TPSA) is 46.5 Å². The first-order chi connectivity index (χ1) is 5.24. The highest BCUT2D eigenvalue weighted by molar-refractivity contribution is 5.69. The van der Waals surface area contributed by atoms with Crippen LogP contribution in [0.1, 0.15) is 33.1 Å². The first-order valence-corrected chi connectivity index (χ1v) is 4.04. The van der Waals surface area contributed by atoms with Crippen LogP contribution in [0.4, 0.5) is 0 Å². The van der Waals surface area contributed by atoms with E-state index < -0.39 is 0 Å². The zero-order chi connectivity index (χ0) is 8.69. The summed E-state index contributed by atoms with van der Waals surface area (Å²) in [5, 5.41) is 8.39. The zero-order valence-corrected chi connectivity index (χ0v) is 7.17. The number of ether oxygens (including phenoxy) is 1. The number of rotatable bonds is 5. The first kappa shape index (κ1) is 10.4. The molecule has 0 spiro atoms. The average molecular weight is 160 g/mol. The van der Waals surface area contributed by atoms with Crippen LogP contribution in [0.3, 0.4) is 0 Å². The molecule has 0 heterocycles. The van der Waals surface area contributed by atoms with Crippen LogP contribution in [0.5, 0.6) is 0 Å². The van der Waals surface area contributed by atoms with Crippen LogP contribution in [0.25, 0.3) is 0 Å². The Hall–Kier alpha value is -0.570. The maximum atomic E-state index is 10.8. The van der Waals surface area contributed by atoms with Crippen molar-refractivity contribution >= 4 is 5.97 Å². The van der Waals surface area contributed by atoms with Crippen molar-refractivity contribution in [3.63, 3.8) is 0 Å². The van der Waals surface area contributed by atoms with Crippen molar-refractivity contribution in [2.75, 3.05) is 6.61 Å². The molecule has 0 fully saturated rings. The van der Waals surface area contributed by atoms with Crippen LogP contribution in [0, 0.1) is 0 Å². The SMILES string of the molecule is CCC(CC)OC(=O)CCO. The molecule has 0 unspecified atom stereocenters. The van der Waals surface area contributed by atoms with Crippen LogP contribution in [-0.2, 0) is 9.53 Å². The van der Waals surface area contributed by atoms with Crippen LogP contribution in [-0.4, -0.2) is 23.8 Å². The quantitative estimate of drug-likeness (QED) is 0.612. The Morgan fingerprint density at radius 1 is 1.45 bits per heavy atom. The Morgan fingerprint density at radius 2 is 2.00 bits per heavy atom. The second kappa shape index (κ2) is 6.16. The lowest BCUT2D eigenvalue weighted by Crippen LogP contribution is -2.17. The van der Waals surface area contributed by atoms with Crippen LogP contribution < -0.4 is 0 Å². The van der Waals surface area contributed by atoms with Gasteiger partial charge in [-0.25, -0.2) is 0 Å². The first-order valence-electron chi connectivity index (χ1n) is 4.04. The van der Waals surface area contributed by atoms with Gasteiger partial charge in [0.1, 0.15) is 6.10 Å². The summed E-state index contributed by atoms with van der Waals surface area (Å²) in [5.41, 5.74) is 0. The van der Waals surface area contributed by atoms with Gasteiger partial charge in [-0.3, -0.25) is 4.79 Å². The van der Waals surface area contributed by atoms with Gasteiger partial charge in [0.25, 0.3) is 0 Å². The van der Waals surface area contributed by atoms with E-state index in [2.05, 4.69) is 0 Å². The molecule has 0 radical (unpaired) electrons. The van der Waals surface area contributed by atoms with E-state index in [0.717, 1.165) is 12.8 Å². The van der Waals surface area contributed by atoms with Crippen molar-refractivity contribution in [2.24, 2.45) is 0 Å². The molecule has 0 rings (SSSR count). The van der Waals surface area contributed by atoms with E-state index in [4.69, 9.17) is 9.84 Å². The maximum absolute atomic E-state index is 10.8. The third kappa shape index (κ3) is 4.79. The minimum Gasteiger partial charge on any atom is -0.462 e. The summed E-state index contributed by atoms with van der Waals surface area (Å²) in [6.07, 6.45) is 1.81. The summed E-state index contributed by atoms with van der Waals surface area (Å²) in [4.78, 5) is 10.8. The molecule has 1 N–H and O–H groups in total. The lowest BCUT2D eigenvalue weighted by atomic mass is 10.2. The Labute approximate surface area is 67.4 Å². The minimum absolute atomic E-state index is 0.0223. The molecule has 66 valence electrons. The molecule has 3 heteroatoms. The number of aliphatic hydroxyl groups excluding tert-OH is 1. The second-order valence-electron chi connectivity index (χ2n) is 2.40. The molecule has 0 aliphatic carbocycles. The van der Waals surface area contributed by atoms with Gasteiger partial charge >= 0.3 is 5.97 Å². The Kier molecular flexibility index (Phi) is 5.84. The normalized spacial score (nSPS) is 10.2. The van der Waals surface area contributed by atoms with Crippen LogP contribution in [0.15, 0.2) is 0 Å². The summed E-state index contributed by atoms with van der Waals surface area (Å²) in [6, 6.07) is 0. The van der Waals surface area contributed by atoms with Crippen molar-refractivity contribution in [3.8, 4) is 0 Å². The molecule has 0 aromatic heterocycles. The van der Waals surface area contributed by atoms with Gasteiger partial charge in [-0.2, -0.15) is 0 Å². The summed E-state index contributed by atoms with van der Waals surface area (Å²) >= 11 is 0. The molecule has 0 aromatic rings. The summed E-state index contributed by atoms with van der Waals surface area (Å²) in [5.74, 6) is -0.304. The number of esters is 1. The van der Waals surface area contributed by atoms with E-state index in [-0.39, 0.29) is 25.1 Å². The van der Waals surface area contributed by atoms with Crippen molar-refractivity contribution in [3.05, 3.63) is 0 Å². The molecule has 0 saturated carbocycles. The predicted molar refractivity (Wildman–Crippen MR) is 42.2 cm³/mol. The van der Waals surface area contributed by atoms with Crippen molar-refractivity contribution < 1.29 is 14.6 Å². The van der Waals surface area contributed by atoms with E-state index in [0.29, 0.717) is 0 Å². The fourth-order valence-electron chi connectivity index (χ4n) is 0.791. The summed E-state index contributed by atoms with van der Waals surface area (Å²) < 4.78 is 4.99. The Bertz CT molecular complexity index is 108. The fourth-order valence-corrected chi connectivity index (χ4v) is 0.791. The lowest BCUT2D eigenvalue weighted by Gasteiger charge is -2.12. The standard InChI is InChI=1S/C8H16O3/c1-3-7(4-2)11-8(10)5-6-9/h7,9H,3-6H2,1-2H3. The molecule has 0 amide bonds. The van der Waals surface area contributed by atoms with Gasteiger partial charge < -0.3 is 9.84 Å². The van der Waals surface area contributed by atoms with Gasteiger partial charge in [0.2, 0.25) is 0 Å². The van der Waals surface area contributed by atoms with E-state index in [9.17, 15) is 4.79 Å². The molecule has 0 atom stereocenters. The van der Waals surface area contributed by atoms with Gasteiger partial charge in [-0.15, -0.1) is 0 Å². The van der Waals surface area contributed by atoms with Gasteiger partial charge in [0, 0.05) is 0 Å². The number of hydrogen-bond acceptors (Lipinski definition) is 3. The molecule has 0 bridgehead atoms. The van der Waals surface area contributed by atoms with Crippen LogP contribution >= 0.6 is 0 Å². The Morgan fingerprint density at radius 3 is 2.36 bits per heavy atom. The summed E-state index contributed by atoms with van der Waals surface area (Å²) in [7, 11) is 0. The smallest absolute Gasteiger partial charge is 0.308 e. The Balaban J connectivity index is 3.54. The highest BCUT2D eigenvalue weighted by Gasteiger charge is 2.08. The lowest BCUT2D eigenvalue weighted by molar-refractivity contribution is -0.150. The van der Waals surface area contributed by atoms with Crippen molar-refractivity contribution in [2.45, 2.75) is 39.2 Å².